The van der Waals surface area contributed by atoms with Crippen LogP contribution in [0.2, 0.25) is 5.02 Å². The molecule has 0 aromatic heterocycles. The van der Waals surface area contributed by atoms with Gasteiger partial charge in [0.2, 0.25) is 5.91 Å². The van der Waals surface area contributed by atoms with Crippen molar-refractivity contribution < 1.29 is 9.59 Å². The average molecular weight is 281 g/mol. The van der Waals surface area contributed by atoms with Gasteiger partial charge >= 0.3 is 0 Å². The molecule has 5 heteroatoms. The summed E-state index contributed by atoms with van der Waals surface area (Å²) in [5.74, 6) is -0.392. The fourth-order valence-electron chi connectivity index (χ4n) is 2.13. The number of hydrogen-bond donors (Lipinski definition) is 1. The summed E-state index contributed by atoms with van der Waals surface area (Å²) in [6.45, 7) is 5.90. The van der Waals surface area contributed by atoms with E-state index in [0.29, 0.717) is 10.7 Å². The number of halogens is 1. The molecule has 4 nitrogen and oxygen atoms in total. The van der Waals surface area contributed by atoms with E-state index in [2.05, 4.69) is 5.32 Å². The van der Waals surface area contributed by atoms with Gasteiger partial charge in [-0.25, -0.2) is 4.90 Å². The zero-order valence-corrected chi connectivity index (χ0v) is 12.0. The third-order valence-corrected chi connectivity index (χ3v) is 3.09. The number of imide groups is 1. The Morgan fingerprint density at radius 1 is 1.21 bits per heavy atom. The van der Waals surface area contributed by atoms with Crippen LogP contribution < -0.4 is 10.2 Å². The third kappa shape index (κ3) is 3.14. The topological polar surface area (TPSA) is 49.4 Å². The van der Waals surface area contributed by atoms with Crippen molar-refractivity contribution in [1.29, 1.82) is 0 Å². The molecular weight excluding hydrogens is 264 g/mol. The normalized spacial score (nSPS) is 20.2. The monoisotopic (exact) mass is 280 g/mol. The number of anilines is 1. The van der Waals surface area contributed by atoms with Crippen molar-refractivity contribution >= 4 is 29.1 Å². The Kier molecular flexibility index (Phi) is 3.65. The molecule has 0 bridgehead atoms. The maximum Gasteiger partial charge on any atom is 0.251 e. The number of amides is 2. The second kappa shape index (κ2) is 4.94. The molecule has 1 N–H and O–H groups in total. The highest BCUT2D eigenvalue weighted by Gasteiger charge is 2.40. The molecule has 1 aliphatic rings. The van der Waals surface area contributed by atoms with Gasteiger partial charge in [0, 0.05) is 10.6 Å². The van der Waals surface area contributed by atoms with E-state index in [-0.39, 0.29) is 23.8 Å². The van der Waals surface area contributed by atoms with E-state index in [1.807, 2.05) is 20.8 Å². The van der Waals surface area contributed by atoms with Crippen LogP contribution in [-0.2, 0) is 9.59 Å². The molecule has 19 heavy (non-hydrogen) atoms. The van der Waals surface area contributed by atoms with Gasteiger partial charge in [0.05, 0.1) is 18.2 Å². The molecule has 1 heterocycles. The summed E-state index contributed by atoms with van der Waals surface area (Å²) >= 11 is 5.81. The van der Waals surface area contributed by atoms with Gasteiger partial charge in [-0.05, 0) is 45.0 Å². The predicted octanol–water partition coefficient (Wildman–Crippen LogP) is 2.36. The lowest BCUT2D eigenvalue weighted by Crippen LogP contribution is -2.47. The number of benzene rings is 1. The second-order valence-corrected chi connectivity index (χ2v) is 6.13. The molecule has 2 amide bonds. The first-order chi connectivity index (χ1) is 8.78. The number of rotatable bonds is 2. The number of hydrogen-bond acceptors (Lipinski definition) is 3. The first kappa shape index (κ1) is 14.0. The lowest BCUT2D eigenvalue weighted by Gasteiger charge is -2.24. The standard InChI is InChI=1S/C14H17ClN2O2/c1-14(2,3)16-11-8-12(18)17(13(11)19)10-6-4-9(15)5-7-10/h4-7,11,16H,8H2,1-3H3. The molecule has 102 valence electrons. The average Bonchev–Trinajstić information content (AvgIpc) is 2.54. The number of carbonyl (C=O) groups excluding carboxylic acids is 2. The minimum Gasteiger partial charge on any atom is -0.301 e. The molecule has 1 aliphatic heterocycles. The molecule has 1 saturated heterocycles. The van der Waals surface area contributed by atoms with Crippen LogP contribution in [0, 0.1) is 0 Å². The Morgan fingerprint density at radius 3 is 2.32 bits per heavy atom. The summed E-state index contributed by atoms with van der Waals surface area (Å²) in [7, 11) is 0. The largest absolute Gasteiger partial charge is 0.301 e. The van der Waals surface area contributed by atoms with Crippen LogP contribution in [0.4, 0.5) is 5.69 Å². The van der Waals surface area contributed by atoms with Crippen LogP contribution in [0.5, 0.6) is 0 Å². The van der Waals surface area contributed by atoms with E-state index in [0.717, 1.165) is 0 Å². The highest BCUT2D eigenvalue weighted by Crippen LogP contribution is 2.25. The minimum atomic E-state index is -0.455. The van der Waals surface area contributed by atoms with Crippen LogP contribution in [-0.4, -0.2) is 23.4 Å². The lowest BCUT2D eigenvalue weighted by atomic mass is 10.1. The summed E-state index contributed by atoms with van der Waals surface area (Å²) in [5, 5.41) is 3.75. The van der Waals surface area contributed by atoms with Crippen LogP contribution in [0.3, 0.4) is 0 Å². The van der Waals surface area contributed by atoms with Gasteiger partial charge in [0.25, 0.3) is 5.91 Å². The summed E-state index contributed by atoms with van der Waals surface area (Å²) < 4.78 is 0. The van der Waals surface area contributed by atoms with Crippen LogP contribution >= 0.6 is 11.6 Å². The van der Waals surface area contributed by atoms with Crippen LogP contribution in [0.1, 0.15) is 27.2 Å². The zero-order chi connectivity index (χ0) is 14.2. The summed E-state index contributed by atoms with van der Waals surface area (Å²) in [6, 6.07) is 6.24. The molecule has 1 atom stereocenters. The number of carbonyl (C=O) groups is 2. The molecule has 1 aromatic carbocycles. The first-order valence-electron chi connectivity index (χ1n) is 6.18. The SMILES string of the molecule is CC(C)(C)NC1CC(=O)N(c2ccc(Cl)cc2)C1=O. The molecule has 0 aliphatic carbocycles. The van der Waals surface area contributed by atoms with Gasteiger partial charge in [0.15, 0.2) is 0 Å². The lowest BCUT2D eigenvalue weighted by molar-refractivity contribution is -0.121. The summed E-state index contributed by atoms with van der Waals surface area (Å²) in [6.07, 6.45) is 0.193. The quantitative estimate of drug-likeness (QED) is 0.846. The Hall–Kier alpha value is -1.39. The maximum absolute atomic E-state index is 12.3. The molecule has 0 saturated carbocycles. The van der Waals surface area contributed by atoms with Crippen molar-refractivity contribution in [3.63, 3.8) is 0 Å². The van der Waals surface area contributed by atoms with Crippen molar-refractivity contribution in [3.05, 3.63) is 29.3 Å². The first-order valence-corrected chi connectivity index (χ1v) is 6.56. The van der Waals surface area contributed by atoms with Gasteiger partial charge in [-0.1, -0.05) is 11.6 Å². The molecule has 1 fully saturated rings. The number of nitrogens with zero attached hydrogens (tertiary/aromatic N) is 1. The minimum absolute atomic E-state index is 0.186. The second-order valence-electron chi connectivity index (χ2n) is 5.69. The smallest absolute Gasteiger partial charge is 0.251 e. The number of nitrogens with one attached hydrogen (secondary N) is 1. The molecule has 2 rings (SSSR count). The molecule has 0 radical (unpaired) electrons. The zero-order valence-electron chi connectivity index (χ0n) is 11.2. The van der Waals surface area contributed by atoms with E-state index < -0.39 is 6.04 Å². The van der Waals surface area contributed by atoms with Crippen LogP contribution in [0.15, 0.2) is 24.3 Å². The van der Waals surface area contributed by atoms with E-state index in [9.17, 15) is 9.59 Å². The molecule has 0 spiro atoms. The summed E-state index contributed by atoms with van der Waals surface area (Å²) in [4.78, 5) is 25.5. The van der Waals surface area contributed by atoms with Gasteiger partial charge in [-0.3, -0.25) is 9.59 Å². The van der Waals surface area contributed by atoms with Gasteiger partial charge in [-0.2, -0.15) is 0 Å². The highest BCUT2D eigenvalue weighted by atomic mass is 35.5. The Labute approximate surface area is 117 Å². The fraction of sp³-hybridized carbons (Fsp3) is 0.429. The van der Waals surface area contributed by atoms with E-state index in [1.54, 1.807) is 24.3 Å². The van der Waals surface area contributed by atoms with Gasteiger partial charge in [0.1, 0.15) is 0 Å². The van der Waals surface area contributed by atoms with E-state index in [1.165, 1.54) is 4.90 Å². The maximum atomic E-state index is 12.3. The molecule has 1 aromatic rings. The van der Waals surface area contributed by atoms with Crippen molar-refractivity contribution in [3.8, 4) is 0 Å². The van der Waals surface area contributed by atoms with Gasteiger partial charge in [-0.15, -0.1) is 0 Å². The highest BCUT2D eigenvalue weighted by molar-refractivity contribution is 6.30. The predicted molar refractivity (Wildman–Crippen MR) is 75.2 cm³/mol. The van der Waals surface area contributed by atoms with E-state index in [4.69, 9.17) is 11.6 Å². The Bertz CT molecular complexity index is 505. The van der Waals surface area contributed by atoms with Crippen LogP contribution in [0.25, 0.3) is 0 Å². The van der Waals surface area contributed by atoms with Crippen molar-refractivity contribution in [2.24, 2.45) is 0 Å². The summed E-state index contributed by atoms with van der Waals surface area (Å²) in [5.41, 5.74) is 0.356. The van der Waals surface area contributed by atoms with Crippen molar-refractivity contribution in [2.75, 3.05) is 4.90 Å². The van der Waals surface area contributed by atoms with Crippen molar-refractivity contribution in [1.82, 2.24) is 5.32 Å². The van der Waals surface area contributed by atoms with E-state index >= 15 is 0 Å². The Balaban J connectivity index is 2.21. The third-order valence-electron chi connectivity index (χ3n) is 2.84. The fourth-order valence-corrected chi connectivity index (χ4v) is 2.25. The van der Waals surface area contributed by atoms with Gasteiger partial charge < -0.3 is 5.32 Å². The Morgan fingerprint density at radius 2 is 1.79 bits per heavy atom. The molecule has 1 unspecified atom stereocenters. The van der Waals surface area contributed by atoms with Crippen molar-refractivity contribution in [2.45, 2.75) is 38.8 Å². The molecular formula is C14H17ClN2O2.